The fourth-order valence-electron chi connectivity index (χ4n) is 2.87. The van der Waals surface area contributed by atoms with Gasteiger partial charge < -0.3 is 20.1 Å². The first-order valence-electron chi connectivity index (χ1n) is 10.8. The third kappa shape index (κ3) is 8.52. The van der Waals surface area contributed by atoms with Crippen molar-refractivity contribution >= 4 is 57.9 Å². The van der Waals surface area contributed by atoms with Gasteiger partial charge in [0.2, 0.25) is 0 Å². The number of anilines is 2. The van der Waals surface area contributed by atoms with Crippen molar-refractivity contribution in [2.45, 2.75) is 6.92 Å². The molecule has 0 radical (unpaired) electrons. The summed E-state index contributed by atoms with van der Waals surface area (Å²) < 4.78 is 37.9. The molecule has 0 saturated carbocycles. The van der Waals surface area contributed by atoms with Gasteiger partial charge in [0.15, 0.2) is 18.1 Å². The van der Waals surface area contributed by atoms with Crippen LogP contribution in [0, 0.1) is 15.2 Å². The van der Waals surface area contributed by atoms with E-state index in [2.05, 4.69) is 21.2 Å². The molecule has 192 valence electrons. The number of ether oxygens (including phenoxy) is 2. The molecule has 37 heavy (non-hydrogen) atoms. The molecule has 3 N–H and O–H groups in total. The fraction of sp³-hybridized carbons (Fsp3) is 0.120. The minimum absolute atomic E-state index is 0.253. The molecule has 0 heterocycles. The molecule has 0 aliphatic heterocycles. The summed E-state index contributed by atoms with van der Waals surface area (Å²) in [5, 5.41) is 8.71. The first-order valence-corrected chi connectivity index (χ1v) is 11.9. The van der Waals surface area contributed by atoms with E-state index in [1.165, 1.54) is 42.6 Å². The second-order valence-electron chi connectivity index (χ2n) is 7.27. The molecule has 0 spiro atoms. The fourth-order valence-corrected chi connectivity index (χ4v) is 3.65. The minimum Gasteiger partial charge on any atom is -0.490 e. The van der Waals surface area contributed by atoms with E-state index in [1.54, 1.807) is 19.1 Å². The smallest absolute Gasteiger partial charge is 0.329 e. The van der Waals surface area contributed by atoms with Gasteiger partial charge in [0.05, 0.1) is 16.4 Å². The summed E-state index contributed by atoms with van der Waals surface area (Å²) in [6.45, 7) is 1.77. The second-order valence-corrected chi connectivity index (χ2v) is 8.43. The van der Waals surface area contributed by atoms with E-state index >= 15 is 0 Å². The lowest BCUT2D eigenvalue weighted by molar-refractivity contribution is -0.136. The Labute approximate surface area is 224 Å². The van der Waals surface area contributed by atoms with E-state index in [9.17, 15) is 23.2 Å². The molecule has 12 heteroatoms. The molecule has 3 amide bonds. The normalized spacial score (nSPS) is 10.6. The molecule has 3 aromatic rings. The number of hydrazone groups is 1. The van der Waals surface area contributed by atoms with Crippen LogP contribution in [0.4, 0.5) is 20.2 Å². The van der Waals surface area contributed by atoms with Crippen molar-refractivity contribution < 1.29 is 32.6 Å². The number of hydrogen-bond acceptors (Lipinski definition) is 6. The summed E-state index contributed by atoms with van der Waals surface area (Å²) in [6.07, 6.45) is 1.30. The highest BCUT2D eigenvalue weighted by molar-refractivity contribution is 14.1. The standard InChI is InChI=1S/C25H21F2IN4O5/c1-2-36-21-12-15(13-29-32-25(35)24(34)31-19-9-5-17(27)6-10-19)11-20(28)23(21)37-14-22(33)30-18-7-3-16(26)4-8-18/h3-13H,2,14H2,1H3,(H,30,33)(H,31,34)(H,32,35)/b29-13-. The monoisotopic (exact) mass is 622 g/mol. The van der Waals surface area contributed by atoms with Gasteiger partial charge in [-0.1, -0.05) is 0 Å². The molecule has 0 aliphatic rings. The van der Waals surface area contributed by atoms with Gasteiger partial charge in [-0.25, -0.2) is 14.2 Å². The van der Waals surface area contributed by atoms with Gasteiger partial charge in [-0.05, 0) is 95.7 Å². The van der Waals surface area contributed by atoms with Crippen LogP contribution in [0.3, 0.4) is 0 Å². The number of hydrogen-bond donors (Lipinski definition) is 3. The van der Waals surface area contributed by atoms with Gasteiger partial charge in [-0.2, -0.15) is 5.10 Å². The van der Waals surface area contributed by atoms with Gasteiger partial charge in [0.25, 0.3) is 5.91 Å². The predicted molar refractivity (Wildman–Crippen MR) is 142 cm³/mol. The highest BCUT2D eigenvalue weighted by Gasteiger charge is 2.15. The van der Waals surface area contributed by atoms with Crippen LogP contribution in [0.15, 0.2) is 65.8 Å². The molecule has 9 nitrogen and oxygen atoms in total. The van der Waals surface area contributed by atoms with E-state index in [4.69, 9.17) is 9.47 Å². The zero-order valence-electron chi connectivity index (χ0n) is 19.4. The summed E-state index contributed by atoms with van der Waals surface area (Å²) >= 11 is 2.00. The van der Waals surface area contributed by atoms with E-state index in [1.807, 2.05) is 22.6 Å². The van der Waals surface area contributed by atoms with Crippen molar-refractivity contribution in [2.24, 2.45) is 5.10 Å². The number of carbonyl (C=O) groups is 3. The van der Waals surface area contributed by atoms with Crippen LogP contribution >= 0.6 is 22.6 Å². The number of carbonyl (C=O) groups excluding carboxylic acids is 3. The Morgan fingerprint density at radius 2 is 1.49 bits per heavy atom. The average Bonchev–Trinajstić information content (AvgIpc) is 2.86. The molecule has 0 aliphatic carbocycles. The topological polar surface area (TPSA) is 118 Å². The first kappa shape index (κ1) is 27.5. The first-order chi connectivity index (χ1) is 17.7. The summed E-state index contributed by atoms with van der Waals surface area (Å²) in [5.74, 6) is -2.66. The van der Waals surface area contributed by atoms with Crippen LogP contribution in [-0.4, -0.2) is 37.1 Å². The Morgan fingerprint density at radius 1 is 0.892 bits per heavy atom. The molecule has 0 fully saturated rings. The Kier molecular flexibility index (Phi) is 9.89. The number of nitrogens with zero attached hydrogens (tertiary/aromatic N) is 1. The SMILES string of the molecule is CCOc1cc(/C=N\NC(=O)C(=O)Nc2ccc(F)cc2)cc(I)c1OCC(=O)Nc1ccc(F)cc1. The summed E-state index contributed by atoms with van der Waals surface area (Å²) in [4.78, 5) is 36.2. The molecule has 3 aromatic carbocycles. The number of rotatable bonds is 9. The third-order valence-electron chi connectivity index (χ3n) is 4.50. The van der Waals surface area contributed by atoms with Gasteiger partial charge in [-0.3, -0.25) is 14.4 Å². The molecular weight excluding hydrogens is 601 g/mol. The maximum atomic E-state index is 13.0. The van der Waals surface area contributed by atoms with Crippen molar-refractivity contribution in [3.8, 4) is 11.5 Å². The van der Waals surface area contributed by atoms with Crippen molar-refractivity contribution in [2.75, 3.05) is 23.8 Å². The maximum absolute atomic E-state index is 13.0. The van der Waals surface area contributed by atoms with Crippen LogP contribution in [0.2, 0.25) is 0 Å². The summed E-state index contributed by atoms with van der Waals surface area (Å²) in [7, 11) is 0. The van der Waals surface area contributed by atoms with E-state index in [0.717, 1.165) is 12.1 Å². The van der Waals surface area contributed by atoms with E-state index in [-0.39, 0.29) is 12.3 Å². The van der Waals surface area contributed by atoms with Crippen molar-refractivity contribution in [1.82, 2.24) is 5.43 Å². The highest BCUT2D eigenvalue weighted by atomic mass is 127. The van der Waals surface area contributed by atoms with Gasteiger partial charge >= 0.3 is 11.8 Å². The van der Waals surface area contributed by atoms with Gasteiger partial charge in [0, 0.05) is 11.4 Å². The Bertz CT molecular complexity index is 1300. The van der Waals surface area contributed by atoms with Crippen molar-refractivity contribution in [3.05, 3.63) is 81.4 Å². The number of nitrogens with one attached hydrogen (secondary N) is 3. The Morgan fingerprint density at radius 3 is 2.08 bits per heavy atom. The molecule has 0 saturated heterocycles. The molecule has 0 aromatic heterocycles. The molecular formula is C25H21F2IN4O5. The quantitative estimate of drug-likeness (QED) is 0.144. The number of halogens is 3. The third-order valence-corrected chi connectivity index (χ3v) is 5.30. The van der Waals surface area contributed by atoms with Crippen LogP contribution < -0.4 is 25.5 Å². The van der Waals surface area contributed by atoms with E-state index < -0.39 is 29.4 Å². The Balaban J connectivity index is 1.60. The number of benzene rings is 3. The summed E-state index contributed by atoms with van der Waals surface area (Å²) in [5.41, 5.74) is 3.31. The lowest BCUT2D eigenvalue weighted by atomic mass is 10.2. The van der Waals surface area contributed by atoms with Crippen LogP contribution in [0.25, 0.3) is 0 Å². The van der Waals surface area contributed by atoms with Gasteiger partial charge in [0.1, 0.15) is 11.6 Å². The minimum atomic E-state index is -1.02. The van der Waals surface area contributed by atoms with Gasteiger partial charge in [-0.15, -0.1) is 0 Å². The van der Waals surface area contributed by atoms with Crippen LogP contribution in [0.1, 0.15) is 12.5 Å². The highest BCUT2D eigenvalue weighted by Crippen LogP contribution is 2.34. The molecule has 3 rings (SSSR count). The zero-order valence-corrected chi connectivity index (χ0v) is 21.5. The lowest BCUT2D eigenvalue weighted by Crippen LogP contribution is -2.32. The second kappa shape index (κ2) is 13.3. The zero-order chi connectivity index (χ0) is 26.8. The van der Waals surface area contributed by atoms with Crippen molar-refractivity contribution in [3.63, 3.8) is 0 Å². The average molecular weight is 622 g/mol. The van der Waals surface area contributed by atoms with Crippen molar-refractivity contribution in [1.29, 1.82) is 0 Å². The van der Waals surface area contributed by atoms with Crippen LogP contribution in [0.5, 0.6) is 11.5 Å². The van der Waals surface area contributed by atoms with Crippen LogP contribution in [-0.2, 0) is 14.4 Å². The number of amides is 3. The predicted octanol–water partition coefficient (Wildman–Crippen LogP) is 4.07. The Hall–Kier alpha value is -4.07. The maximum Gasteiger partial charge on any atom is 0.329 e. The molecule has 0 unspecified atom stereocenters. The summed E-state index contributed by atoms with van der Waals surface area (Å²) in [6, 6.07) is 13.5. The van der Waals surface area contributed by atoms with E-state index in [0.29, 0.717) is 32.9 Å². The largest absolute Gasteiger partial charge is 0.490 e. The lowest BCUT2D eigenvalue weighted by Gasteiger charge is -2.14. The molecule has 0 bridgehead atoms. The molecule has 0 atom stereocenters.